The lowest BCUT2D eigenvalue weighted by Gasteiger charge is -2.10. The summed E-state index contributed by atoms with van der Waals surface area (Å²) in [4.78, 5) is 24.3. The van der Waals surface area contributed by atoms with Crippen molar-refractivity contribution in [2.45, 2.75) is 6.92 Å². The van der Waals surface area contributed by atoms with E-state index in [1.54, 1.807) is 18.2 Å². The maximum atomic E-state index is 12.2. The fourth-order valence-corrected chi connectivity index (χ4v) is 2.48. The molecule has 7 nitrogen and oxygen atoms in total. The van der Waals surface area contributed by atoms with E-state index in [0.29, 0.717) is 11.4 Å². The van der Waals surface area contributed by atoms with Gasteiger partial charge in [-0.25, -0.2) is 10.2 Å². The number of nitrogens with zero attached hydrogens (tertiary/aromatic N) is 1. The Hall–Kier alpha value is -3.87. The summed E-state index contributed by atoms with van der Waals surface area (Å²) in [5, 5.41) is 9.66. The highest BCUT2D eigenvalue weighted by molar-refractivity contribution is 6.05. The molecule has 0 bridgehead atoms. The molecule has 7 heteroatoms. The van der Waals surface area contributed by atoms with Crippen LogP contribution in [0.2, 0.25) is 0 Å². The number of benzene rings is 2. The number of nitrogens with one attached hydrogen (secondary N) is 3. The number of furan rings is 1. The van der Waals surface area contributed by atoms with Crippen molar-refractivity contribution in [2.75, 3.05) is 11.9 Å². The van der Waals surface area contributed by atoms with Crippen molar-refractivity contribution < 1.29 is 14.0 Å². The summed E-state index contributed by atoms with van der Waals surface area (Å²) < 4.78 is 5.08. The summed E-state index contributed by atoms with van der Waals surface area (Å²) in [5.41, 5.74) is 5.39. The van der Waals surface area contributed by atoms with Crippen molar-refractivity contribution in [1.29, 1.82) is 0 Å². The van der Waals surface area contributed by atoms with Gasteiger partial charge in [-0.3, -0.25) is 4.79 Å². The smallest absolute Gasteiger partial charge is 0.339 e. The van der Waals surface area contributed by atoms with Crippen molar-refractivity contribution in [3.05, 3.63) is 89.9 Å². The van der Waals surface area contributed by atoms with Crippen molar-refractivity contribution in [3.63, 3.8) is 0 Å². The van der Waals surface area contributed by atoms with E-state index >= 15 is 0 Å². The first-order chi connectivity index (χ1) is 13.6. The molecule has 28 heavy (non-hydrogen) atoms. The molecule has 3 aromatic rings. The molecule has 2 aromatic carbocycles. The van der Waals surface area contributed by atoms with E-state index < -0.39 is 6.03 Å². The Morgan fingerprint density at radius 2 is 1.71 bits per heavy atom. The van der Waals surface area contributed by atoms with Gasteiger partial charge >= 0.3 is 6.03 Å². The van der Waals surface area contributed by atoms with Crippen LogP contribution >= 0.6 is 0 Å². The number of carbonyl (C=O) groups excluding carboxylic acids is 2. The van der Waals surface area contributed by atoms with Crippen molar-refractivity contribution in [3.8, 4) is 0 Å². The number of urea groups is 1. The standard InChI is InChI=1S/C21H20N4O3/c1-15-8-5-6-11-17(15)23-21(27)25-24-18(16-9-3-2-4-10-16)14-22-20(26)19-12-7-13-28-19/h2-13H,14H2,1H3,(H,22,26)(H2,23,25,27)/b24-18-. The van der Waals surface area contributed by atoms with Crippen molar-refractivity contribution in [1.82, 2.24) is 10.7 Å². The molecule has 142 valence electrons. The monoisotopic (exact) mass is 376 g/mol. The average molecular weight is 376 g/mol. The number of aryl methyl sites for hydroxylation is 1. The van der Waals surface area contributed by atoms with Gasteiger partial charge < -0.3 is 15.1 Å². The molecule has 0 saturated heterocycles. The van der Waals surface area contributed by atoms with Crippen LogP contribution in [0.5, 0.6) is 0 Å². The minimum atomic E-state index is -0.472. The van der Waals surface area contributed by atoms with Gasteiger partial charge in [0.2, 0.25) is 0 Å². The van der Waals surface area contributed by atoms with Gasteiger partial charge in [0.15, 0.2) is 5.76 Å². The number of carbonyl (C=O) groups is 2. The number of amides is 3. The molecule has 0 spiro atoms. The van der Waals surface area contributed by atoms with Gasteiger partial charge in [0.25, 0.3) is 5.91 Å². The van der Waals surface area contributed by atoms with Gasteiger partial charge in [-0.05, 0) is 36.2 Å². The van der Waals surface area contributed by atoms with Gasteiger partial charge in [-0.15, -0.1) is 0 Å². The Kier molecular flexibility index (Phi) is 6.20. The number of hydrazone groups is 1. The third-order valence-corrected chi connectivity index (χ3v) is 3.95. The normalized spacial score (nSPS) is 11.0. The Morgan fingerprint density at radius 1 is 0.964 bits per heavy atom. The third-order valence-electron chi connectivity index (χ3n) is 3.95. The number of rotatable bonds is 6. The molecule has 3 rings (SSSR count). The second kappa shape index (κ2) is 9.18. The van der Waals surface area contributed by atoms with E-state index in [2.05, 4.69) is 21.2 Å². The van der Waals surface area contributed by atoms with E-state index in [4.69, 9.17) is 4.42 Å². The van der Waals surface area contributed by atoms with E-state index in [0.717, 1.165) is 11.1 Å². The minimum absolute atomic E-state index is 0.119. The van der Waals surface area contributed by atoms with Crippen molar-refractivity contribution in [2.24, 2.45) is 5.10 Å². The Balaban J connectivity index is 1.68. The first-order valence-corrected chi connectivity index (χ1v) is 8.70. The molecule has 0 radical (unpaired) electrons. The van der Waals surface area contributed by atoms with Crippen LogP contribution in [-0.4, -0.2) is 24.2 Å². The molecular weight excluding hydrogens is 356 g/mol. The highest BCUT2D eigenvalue weighted by Gasteiger charge is 2.11. The molecular formula is C21H20N4O3. The Morgan fingerprint density at radius 3 is 2.43 bits per heavy atom. The fraction of sp³-hybridized carbons (Fsp3) is 0.0952. The average Bonchev–Trinajstić information content (AvgIpc) is 3.25. The largest absolute Gasteiger partial charge is 0.459 e. The van der Waals surface area contributed by atoms with E-state index in [-0.39, 0.29) is 18.2 Å². The summed E-state index contributed by atoms with van der Waals surface area (Å²) >= 11 is 0. The first-order valence-electron chi connectivity index (χ1n) is 8.70. The van der Waals surface area contributed by atoms with Crippen LogP contribution in [0.3, 0.4) is 0 Å². The molecule has 0 aliphatic carbocycles. The Bertz CT molecular complexity index is 966. The summed E-state index contributed by atoms with van der Waals surface area (Å²) in [6, 6.07) is 19.5. The molecule has 1 aromatic heterocycles. The van der Waals surface area contributed by atoms with Crippen LogP contribution in [0.15, 0.2) is 82.5 Å². The van der Waals surface area contributed by atoms with E-state index in [9.17, 15) is 9.59 Å². The number of hydrogen-bond acceptors (Lipinski definition) is 4. The zero-order valence-corrected chi connectivity index (χ0v) is 15.3. The van der Waals surface area contributed by atoms with Crippen LogP contribution in [0.1, 0.15) is 21.7 Å². The summed E-state index contributed by atoms with van der Waals surface area (Å²) in [6.45, 7) is 2.02. The third kappa shape index (κ3) is 5.07. The van der Waals surface area contributed by atoms with Crippen LogP contribution < -0.4 is 16.1 Å². The molecule has 0 unspecified atom stereocenters. The van der Waals surface area contributed by atoms with Crippen LogP contribution in [0, 0.1) is 6.92 Å². The first kappa shape index (κ1) is 18.9. The molecule has 3 N–H and O–H groups in total. The molecule has 0 fully saturated rings. The molecule has 0 saturated carbocycles. The molecule has 1 heterocycles. The van der Waals surface area contributed by atoms with Crippen LogP contribution in [0.25, 0.3) is 0 Å². The minimum Gasteiger partial charge on any atom is -0.459 e. The van der Waals surface area contributed by atoms with Crippen LogP contribution in [-0.2, 0) is 0 Å². The number of hydrogen-bond donors (Lipinski definition) is 3. The maximum Gasteiger partial charge on any atom is 0.339 e. The molecule has 0 aliphatic rings. The van der Waals surface area contributed by atoms with Gasteiger partial charge in [-0.1, -0.05) is 48.5 Å². The highest BCUT2D eigenvalue weighted by Crippen LogP contribution is 2.12. The van der Waals surface area contributed by atoms with Gasteiger partial charge in [0.1, 0.15) is 0 Å². The summed E-state index contributed by atoms with van der Waals surface area (Å²) in [6.07, 6.45) is 1.43. The van der Waals surface area contributed by atoms with E-state index in [1.165, 1.54) is 6.26 Å². The highest BCUT2D eigenvalue weighted by atomic mass is 16.3. The number of anilines is 1. The predicted octanol–water partition coefficient (Wildman–Crippen LogP) is 3.54. The lowest BCUT2D eigenvalue weighted by molar-refractivity contribution is 0.0932. The van der Waals surface area contributed by atoms with Gasteiger partial charge in [0.05, 0.1) is 18.5 Å². The fourth-order valence-electron chi connectivity index (χ4n) is 2.48. The topological polar surface area (TPSA) is 95.7 Å². The number of para-hydroxylation sites is 1. The predicted molar refractivity (Wildman–Crippen MR) is 107 cm³/mol. The summed E-state index contributed by atoms with van der Waals surface area (Å²) in [5.74, 6) is -0.157. The van der Waals surface area contributed by atoms with Crippen molar-refractivity contribution >= 4 is 23.3 Å². The second-order valence-corrected chi connectivity index (χ2v) is 5.97. The summed E-state index contributed by atoms with van der Waals surface area (Å²) in [7, 11) is 0. The molecule has 3 amide bonds. The lowest BCUT2D eigenvalue weighted by Crippen LogP contribution is -2.32. The van der Waals surface area contributed by atoms with E-state index in [1.807, 2.05) is 55.5 Å². The SMILES string of the molecule is Cc1ccccc1NC(=O)N/N=C(/CNC(=O)c1ccco1)c1ccccc1. The molecule has 0 aliphatic heterocycles. The quantitative estimate of drug-likeness (QED) is 0.453. The zero-order chi connectivity index (χ0) is 19.8. The zero-order valence-electron chi connectivity index (χ0n) is 15.3. The Labute approximate surface area is 162 Å². The maximum absolute atomic E-state index is 12.2. The lowest BCUT2D eigenvalue weighted by atomic mass is 10.1. The van der Waals surface area contributed by atoms with Gasteiger partial charge in [0, 0.05) is 5.69 Å². The van der Waals surface area contributed by atoms with Gasteiger partial charge in [-0.2, -0.15) is 5.10 Å². The second-order valence-electron chi connectivity index (χ2n) is 5.97. The molecule has 0 atom stereocenters. The van der Waals surface area contributed by atoms with Crippen LogP contribution in [0.4, 0.5) is 10.5 Å².